The fraction of sp³-hybridized carbons (Fsp3) is 0.208. The molecule has 0 saturated heterocycles. The van der Waals surface area contributed by atoms with E-state index in [-0.39, 0.29) is 5.91 Å². The maximum Gasteiger partial charge on any atom is 0.256 e. The Morgan fingerprint density at radius 1 is 0.968 bits per heavy atom. The van der Waals surface area contributed by atoms with Crippen LogP contribution >= 0.6 is 11.6 Å². The Kier molecular flexibility index (Phi) is 5.08. The summed E-state index contributed by atoms with van der Waals surface area (Å²) in [5, 5.41) is 12.6. The highest BCUT2D eigenvalue weighted by molar-refractivity contribution is 6.33. The number of hydrogen-bond acceptors (Lipinski definition) is 3. The van der Waals surface area contributed by atoms with Gasteiger partial charge in [-0.25, -0.2) is 9.36 Å². The second kappa shape index (κ2) is 8.04. The van der Waals surface area contributed by atoms with Gasteiger partial charge in [0, 0.05) is 5.69 Å². The van der Waals surface area contributed by atoms with Gasteiger partial charge in [0.15, 0.2) is 0 Å². The maximum atomic E-state index is 13.0. The Morgan fingerprint density at radius 2 is 1.61 bits per heavy atom. The van der Waals surface area contributed by atoms with Crippen LogP contribution in [0.5, 0.6) is 0 Å². The van der Waals surface area contributed by atoms with Gasteiger partial charge in [-0.1, -0.05) is 48.0 Å². The number of nitrogens with one attached hydrogen (secondary N) is 1. The van der Waals surface area contributed by atoms with Gasteiger partial charge in [0.2, 0.25) is 0 Å². The SMILES string of the molecule is Cc1nn(-c2ccccc2)c(Cl)c1C(=O)NCc1nn(-c2ccccc2)c2c1CCC2. The molecule has 1 amide bonds. The van der Waals surface area contributed by atoms with Gasteiger partial charge < -0.3 is 5.32 Å². The third kappa shape index (κ3) is 3.53. The van der Waals surface area contributed by atoms with E-state index in [1.54, 1.807) is 11.6 Å². The number of amides is 1. The number of para-hydroxylation sites is 2. The van der Waals surface area contributed by atoms with Gasteiger partial charge in [0.1, 0.15) is 5.15 Å². The Balaban J connectivity index is 1.39. The first-order valence-electron chi connectivity index (χ1n) is 10.4. The van der Waals surface area contributed by atoms with Crippen molar-refractivity contribution >= 4 is 17.5 Å². The van der Waals surface area contributed by atoms with Crippen molar-refractivity contribution < 1.29 is 4.79 Å². The van der Waals surface area contributed by atoms with Gasteiger partial charge in [-0.15, -0.1) is 0 Å². The van der Waals surface area contributed by atoms with E-state index in [2.05, 4.69) is 22.5 Å². The summed E-state index contributed by atoms with van der Waals surface area (Å²) >= 11 is 6.54. The van der Waals surface area contributed by atoms with Crippen molar-refractivity contribution in [1.29, 1.82) is 0 Å². The molecular weight excluding hydrogens is 410 g/mol. The normalized spacial score (nSPS) is 12.7. The lowest BCUT2D eigenvalue weighted by Gasteiger charge is -2.06. The van der Waals surface area contributed by atoms with Gasteiger partial charge in [0.25, 0.3) is 5.91 Å². The molecule has 156 valence electrons. The van der Waals surface area contributed by atoms with E-state index in [9.17, 15) is 4.79 Å². The average molecular weight is 432 g/mol. The molecule has 1 aliphatic carbocycles. The molecular formula is C24H22ClN5O. The van der Waals surface area contributed by atoms with E-state index >= 15 is 0 Å². The Morgan fingerprint density at radius 3 is 2.29 bits per heavy atom. The van der Waals surface area contributed by atoms with Crippen LogP contribution in [-0.4, -0.2) is 25.5 Å². The molecule has 0 bridgehead atoms. The van der Waals surface area contributed by atoms with Gasteiger partial charge >= 0.3 is 0 Å². The van der Waals surface area contributed by atoms with Crippen LogP contribution in [-0.2, 0) is 19.4 Å². The second-order valence-electron chi connectivity index (χ2n) is 7.65. The van der Waals surface area contributed by atoms with Crippen molar-refractivity contribution in [2.45, 2.75) is 32.7 Å². The van der Waals surface area contributed by atoms with Crippen molar-refractivity contribution in [3.63, 3.8) is 0 Å². The second-order valence-corrected chi connectivity index (χ2v) is 8.01. The monoisotopic (exact) mass is 431 g/mol. The highest BCUT2D eigenvalue weighted by atomic mass is 35.5. The van der Waals surface area contributed by atoms with Crippen LogP contribution in [0.4, 0.5) is 0 Å². The molecule has 0 aliphatic heterocycles. The number of hydrogen-bond donors (Lipinski definition) is 1. The minimum absolute atomic E-state index is 0.245. The Bertz CT molecular complexity index is 1240. The molecule has 0 spiro atoms. The highest BCUT2D eigenvalue weighted by Gasteiger charge is 2.25. The number of fused-ring (bicyclic) bond motifs is 1. The maximum absolute atomic E-state index is 13.0. The van der Waals surface area contributed by atoms with Gasteiger partial charge in [-0.3, -0.25) is 4.79 Å². The van der Waals surface area contributed by atoms with E-state index in [1.165, 1.54) is 11.3 Å². The molecule has 0 fully saturated rings. The van der Waals surface area contributed by atoms with Crippen molar-refractivity contribution in [3.8, 4) is 11.4 Å². The third-order valence-corrected chi connectivity index (χ3v) is 6.01. The molecule has 2 heterocycles. The predicted molar refractivity (Wildman–Crippen MR) is 120 cm³/mol. The van der Waals surface area contributed by atoms with E-state index in [4.69, 9.17) is 16.7 Å². The third-order valence-electron chi connectivity index (χ3n) is 5.66. The van der Waals surface area contributed by atoms with E-state index in [1.807, 2.05) is 53.2 Å². The Hall–Kier alpha value is -3.38. The van der Waals surface area contributed by atoms with Gasteiger partial charge in [-0.2, -0.15) is 10.2 Å². The molecule has 0 saturated carbocycles. The average Bonchev–Trinajstić information content (AvgIpc) is 3.48. The van der Waals surface area contributed by atoms with Crippen molar-refractivity contribution in [2.75, 3.05) is 0 Å². The number of carbonyl (C=O) groups is 1. The largest absolute Gasteiger partial charge is 0.346 e. The van der Waals surface area contributed by atoms with Crippen molar-refractivity contribution in [3.05, 3.63) is 94.0 Å². The first-order valence-corrected chi connectivity index (χ1v) is 10.7. The van der Waals surface area contributed by atoms with E-state index in [0.717, 1.165) is 36.3 Å². The minimum atomic E-state index is -0.245. The molecule has 6 nitrogen and oxygen atoms in total. The zero-order chi connectivity index (χ0) is 21.4. The summed E-state index contributed by atoms with van der Waals surface area (Å²) in [4.78, 5) is 13.0. The van der Waals surface area contributed by atoms with Crippen LogP contribution in [0.3, 0.4) is 0 Å². The lowest BCUT2D eigenvalue weighted by Crippen LogP contribution is -2.24. The molecule has 5 rings (SSSR count). The molecule has 7 heteroatoms. The van der Waals surface area contributed by atoms with Crippen LogP contribution in [0.25, 0.3) is 11.4 Å². The molecule has 4 aromatic rings. The van der Waals surface area contributed by atoms with Crippen LogP contribution in [0, 0.1) is 6.92 Å². The summed E-state index contributed by atoms with van der Waals surface area (Å²) in [5.41, 5.74) is 6.23. The van der Waals surface area contributed by atoms with Crippen molar-refractivity contribution in [2.24, 2.45) is 0 Å². The summed E-state index contributed by atoms with van der Waals surface area (Å²) in [7, 11) is 0. The summed E-state index contributed by atoms with van der Waals surface area (Å²) in [6, 6.07) is 19.7. The molecule has 0 atom stereocenters. The van der Waals surface area contributed by atoms with E-state index in [0.29, 0.717) is 23.0 Å². The summed E-state index contributed by atoms with van der Waals surface area (Å²) < 4.78 is 3.60. The van der Waals surface area contributed by atoms with Gasteiger partial charge in [0.05, 0.1) is 34.9 Å². The predicted octanol–water partition coefficient (Wildman–Crippen LogP) is 4.44. The number of rotatable bonds is 5. The number of benzene rings is 2. The zero-order valence-corrected chi connectivity index (χ0v) is 17.9. The lowest BCUT2D eigenvalue weighted by atomic mass is 10.2. The summed E-state index contributed by atoms with van der Waals surface area (Å²) in [6.45, 7) is 2.15. The lowest BCUT2D eigenvalue weighted by molar-refractivity contribution is 0.0950. The zero-order valence-electron chi connectivity index (χ0n) is 17.2. The molecule has 1 aliphatic rings. The van der Waals surface area contributed by atoms with Crippen LogP contribution < -0.4 is 5.32 Å². The number of aryl methyl sites for hydroxylation is 1. The highest BCUT2D eigenvalue weighted by Crippen LogP contribution is 2.28. The standard InChI is InChI=1S/C24H22ClN5O/c1-16-22(23(25)30(27-16)18-11-6-3-7-12-18)24(31)26-15-20-19-13-8-14-21(19)29(28-20)17-9-4-2-5-10-17/h2-7,9-12H,8,13-15H2,1H3,(H,26,31). The molecule has 31 heavy (non-hydrogen) atoms. The quantitative estimate of drug-likeness (QED) is 0.508. The molecule has 0 radical (unpaired) electrons. The summed E-state index contributed by atoms with van der Waals surface area (Å²) in [6.07, 6.45) is 3.09. The number of carbonyl (C=O) groups excluding carboxylic acids is 1. The number of halogens is 1. The molecule has 1 N–H and O–H groups in total. The summed E-state index contributed by atoms with van der Waals surface area (Å²) in [5.74, 6) is -0.245. The van der Waals surface area contributed by atoms with Crippen LogP contribution in [0.15, 0.2) is 60.7 Å². The van der Waals surface area contributed by atoms with Gasteiger partial charge in [-0.05, 0) is 56.0 Å². The van der Waals surface area contributed by atoms with Crippen LogP contribution in [0.2, 0.25) is 5.15 Å². The number of nitrogens with zero attached hydrogens (tertiary/aromatic N) is 4. The van der Waals surface area contributed by atoms with Crippen molar-refractivity contribution in [1.82, 2.24) is 24.9 Å². The molecule has 0 unspecified atom stereocenters. The number of aromatic nitrogens is 4. The fourth-order valence-corrected chi connectivity index (χ4v) is 4.55. The minimum Gasteiger partial charge on any atom is -0.346 e. The first kappa shape index (κ1) is 19.6. The smallest absolute Gasteiger partial charge is 0.256 e. The molecule has 2 aromatic heterocycles. The Labute approximate surface area is 185 Å². The molecule has 2 aromatic carbocycles. The fourth-order valence-electron chi connectivity index (χ4n) is 4.19. The first-order chi connectivity index (χ1) is 15.1. The van der Waals surface area contributed by atoms with E-state index < -0.39 is 0 Å². The van der Waals surface area contributed by atoms with Crippen LogP contribution in [0.1, 0.15) is 39.4 Å². The topological polar surface area (TPSA) is 64.7 Å².